The van der Waals surface area contributed by atoms with Crippen molar-refractivity contribution in [3.05, 3.63) is 102 Å². The largest absolute Gasteiger partial charge is 0.324 e. The van der Waals surface area contributed by atoms with Crippen molar-refractivity contribution >= 4 is 23.2 Å². The van der Waals surface area contributed by atoms with Crippen LogP contribution in [0.5, 0.6) is 0 Å². The first kappa shape index (κ1) is 20.0. The number of hydrogen-bond acceptors (Lipinski definition) is 4. The van der Waals surface area contributed by atoms with E-state index >= 15 is 0 Å². The fraction of sp³-hybridized carbons (Fsp3) is 0.0435. The molecule has 7 nitrogen and oxygen atoms in total. The summed E-state index contributed by atoms with van der Waals surface area (Å²) >= 11 is 0. The number of para-hydroxylation sites is 1. The third-order valence-electron chi connectivity index (χ3n) is 4.42. The van der Waals surface area contributed by atoms with Gasteiger partial charge in [0.05, 0.1) is 29.7 Å². The molecule has 0 atom stereocenters. The van der Waals surface area contributed by atoms with E-state index in [4.69, 9.17) is 0 Å². The van der Waals surface area contributed by atoms with E-state index in [1.54, 1.807) is 35.3 Å². The summed E-state index contributed by atoms with van der Waals surface area (Å²) in [6.07, 6.45) is 4.89. The van der Waals surface area contributed by atoms with E-state index in [9.17, 15) is 14.0 Å². The van der Waals surface area contributed by atoms with Gasteiger partial charge in [0.1, 0.15) is 11.5 Å². The van der Waals surface area contributed by atoms with Crippen molar-refractivity contribution in [3.63, 3.8) is 0 Å². The monoisotopic (exact) mass is 415 g/mol. The van der Waals surface area contributed by atoms with Crippen molar-refractivity contribution in [2.24, 2.45) is 0 Å². The highest BCUT2D eigenvalue weighted by atomic mass is 19.1. The van der Waals surface area contributed by atoms with E-state index in [1.165, 1.54) is 18.3 Å². The van der Waals surface area contributed by atoms with Gasteiger partial charge in [-0.15, -0.1) is 0 Å². The number of hydrogen-bond donors (Lipinski definition) is 2. The van der Waals surface area contributed by atoms with Gasteiger partial charge in [0.15, 0.2) is 0 Å². The van der Waals surface area contributed by atoms with E-state index in [1.807, 2.05) is 30.3 Å². The minimum absolute atomic E-state index is 0.0387. The molecule has 0 aliphatic heterocycles. The molecule has 2 aromatic heterocycles. The standard InChI is InChI=1S/C23H18FN5O2/c24-17-9-10-19(28-23(31)20-8-4-5-11-25-20)21(13-17)27-22(30)12-16-14-26-29(15-16)18-6-2-1-3-7-18/h1-11,13-15H,12H2,(H,27,30)(H,28,31). The van der Waals surface area contributed by atoms with Gasteiger partial charge in [-0.2, -0.15) is 5.10 Å². The molecule has 2 aromatic carbocycles. The average molecular weight is 415 g/mol. The van der Waals surface area contributed by atoms with Crippen molar-refractivity contribution in [3.8, 4) is 5.69 Å². The molecule has 0 aliphatic carbocycles. The van der Waals surface area contributed by atoms with Crippen molar-refractivity contribution < 1.29 is 14.0 Å². The summed E-state index contributed by atoms with van der Waals surface area (Å²) in [5.41, 5.74) is 2.20. The summed E-state index contributed by atoms with van der Waals surface area (Å²) < 4.78 is 15.5. The van der Waals surface area contributed by atoms with Gasteiger partial charge in [0.2, 0.25) is 5.91 Å². The first-order valence-corrected chi connectivity index (χ1v) is 9.49. The number of carbonyl (C=O) groups is 2. The van der Waals surface area contributed by atoms with Crippen LogP contribution in [0.2, 0.25) is 0 Å². The zero-order valence-electron chi connectivity index (χ0n) is 16.3. The Morgan fingerprint density at radius 1 is 0.935 bits per heavy atom. The summed E-state index contributed by atoms with van der Waals surface area (Å²) in [7, 11) is 0. The highest BCUT2D eigenvalue weighted by Gasteiger charge is 2.14. The number of amides is 2. The predicted molar refractivity (Wildman–Crippen MR) is 114 cm³/mol. The molecule has 2 heterocycles. The predicted octanol–water partition coefficient (Wildman–Crippen LogP) is 3.84. The molecule has 31 heavy (non-hydrogen) atoms. The van der Waals surface area contributed by atoms with Crippen LogP contribution in [0.4, 0.5) is 15.8 Å². The van der Waals surface area contributed by atoms with E-state index < -0.39 is 11.7 Å². The molecule has 4 aromatic rings. The van der Waals surface area contributed by atoms with Crippen molar-refractivity contribution in [1.29, 1.82) is 0 Å². The topological polar surface area (TPSA) is 88.9 Å². The number of pyridine rings is 1. The van der Waals surface area contributed by atoms with Crippen LogP contribution in [0, 0.1) is 5.82 Å². The molecule has 0 aliphatic rings. The molecule has 0 saturated heterocycles. The molecular weight excluding hydrogens is 397 g/mol. The minimum atomic E-state index is -0.539. The fourth-order valence-electron chi connectivity index (χ4n) is 2.97. The summed E-state index contributed by atoms with van der Waals surface area (Å²) in [5, 5.41) is 9.57. The van der Waals surface area contributed by atoms with Crippen molar-refractivity contribution in [1.82, 2.24) is 14.8 Å². The van der Waals surface area contributed by atoms with Crippen LogP contribution in [0.15, 0.2) is 85.3 Å². The van der Waals surface area contributed by atoms with Gasteiger partial charge in [-0.05, 0) is 48.0 Å². The number of halogens is 1. The van der Waals surface area contributed by atoms with Crippen LogP contribution in [0.3, 0.4) is 0 Å². The highest BCUT2D eigenvalue weighted by molar-refractivity contribution is 6.06. The third kappa shape index (κ3) is 4.99. The van der Waals surface area contributed by atoms with E-state index in [2.05, 4.69) is 20.7 Å². The first-order chi connectivity index (χ1) is 15.1. The third-order valence-corrected chi connectivity index (χ3v) is 4.42. The van der Waals surface area contributed by atoms with Gasteiger partial charge >= 0.3 is 0 Å². The molecule has 0 fully saturated rings. The first-order valence-electron chi connectivity index (χ1n) is 9.49. The van der Waals surface area contributed by atoms with Gasteiger partial charge in [0.25, 0.3) is 5.91 Å². The summed E-state index contributed by atoms with van der Waals surface area (Å²) in [6.45, 7) is 0. The lowest BCUT2D eigenvalue weighted by molar-refractivity contribution is -0.115. The molecular formula is C23H18FN5O2. The van der Waals surface area contributed by atoms with Gasteiger partial charge in [-0.3, -0.25) is 14.6 Å². The normalized spacial score (nSPS) is 10.5. The van der Waals surface area contributed by atoms with Crippen molar-refractivity contribution in [2.75, 3.05) is 10.6 Å². The lowest BCUT2D eigenvalue weighted by atomic mass is 10.2. The SMILES string of the molecule is O=C(Cc1cnn(-c2ccccc2)c1)Nc1cc(F)ccc1NC(=O)c1ccccn1. The molecule has 0 saturated carbocycles. The lowest BCUT2D eigenvalue weighted by Gasteiger charge is -2.12. The molecule has 2 amide bonds. The number of rotatable bonds is 6. The second-order valence-corrected chi connectivity index (χ2v) is 6.71. The minimum Gasteiger partial charge on any atom is -0.324 e. The number of benzene rings is 2. The second kappa shape index (κ2) is 9.00. The Hall–Kier alpha value is -4.33. The maximum absolute atomic E-state index is 13.8. The van der Waals surface area contributed by atoms with E-state index in [0.717, 1.165) is 11.8 Å². The van der Waals surface area contributed by atoms with Gasteiger partial charge in [-0.1, -0.05) is 24.3 Å². The quantitative estimate of drug-likeness (QED) is 0.501. The number of nitrogens with one attached hydrogen (secondary N) is 2. The Morgan fingerprint density at radius 3 is 2.52 bits per heavy atom. The van der Waals surface area contributed by atoms with E-state index in [-0.39, 0.29) is 29.4 Å². The molecule has 0 radical (unpaired) electrons. The number of aromatic nitrogens is 3. The Labute approximate surface area is 177 Å². The number of nitrogens with zero attached hydrogens (tertiary/aromatic N) is 3. The van der Waals surface area contributed by atoms with Gasteiger partial charge in [0, 0.05) is 12.4 Å². The van der Waals surface area contributed by atoms with Crippen LogP contribution in [0.1, 0.15) is 16.1 Å². The van der Waals surface area contributed by atoms with Gasteiger partial charge < -0.3 is 10.6 Å². The Balaban J connectivity index is 1.46. The zero-order valence-corrected chi connectivity index (χ0v) is 16.3. The van der Waals surface area contributed by atoms with Crippen LogP contribution < -0.4 is 10.6 Å². The maximum Gasteiger partial charge on any atom is 0.274 e. The number of carbonyl (C=O) groups excluding carboxylic acids is 2. The summed E-state index contributed by atoms with van der Waals surface area (Å²) in [6, 6.07) is 18.2. The molecule has 2 N–H and O–H groups in total. The molecule has 0 unspecified atom stereocenters. The van der Waals surface area contributed by atoms with Crippen LogP contribution >= 0.6 is 0 Å². The van der Waals surface area contributed by atoms with Crippen molar-refractivity contribution in [2.45, 2.75) is 6.42 Å². The summed E-state index contributed by atoms with van der Waals surface area (Å²) in [5.74, 6) is -1.37. The molecule has 8 heteroatoms. The average Bonchev–Trinajstić information content (AvgIpc) is 3.25. The Morgan fingerprint density at radius 2 is 1.74 bits per heavy atom. The number of anilines is 2. The summed E-state index contributed by atoms with van der Waals surface area (Å²) in [4.78, 5) is 28.9. The molecule has 154 valence electrons. The Kier molecular flexibility index (Phi) is 5.79. The zero-order chi connectivity index (χ0) is 21.6. The molecule has 0 spiro atoms. The fourth-order valence-corrected chi connectivity index (χ4v) is 2.97. The lowest BCUT2D eigenvalue weighted by Crippen LogP contribution is -2.18. The van der Waals surface area contributed by atoms with Gasteiger partial charge in [-0.25, -0.2) is 9.07 Å². The molecule has 4 rings (SSSR count). The Bertz CT molecular complexity index is 1210. The second-order valence-electron chi connectivity index (χ2n) is 6.71. The van der Waals surface area contributed by atoms with Crippen LogP contribution in [-0.4, -0.2) is 26.6 Å². The highest BCUT2D eigenvalue weighted by Crippen LogP contribution is 2.24. The molecule has 0 bridgehead atoms. The van der Waals surface area contributed by atoms with Crippen LogP contribution in [0.25, 0.3) is 5.69 Å². The van der Waals surface area contributed by atoms with Crippen LogP contribution in [-0.2, 0) is 11.2 Å². The maximum atomic E-state index is 13.8. The van der Waals surface area contributed by atoms with E-state index in [0.29, 0.717) is 5.56 Å². The smallest absolute Gasteiger partial charge is 0.274 e.